The molecule has 0 aliphatic heterocycles. The molecule has 1 heterocycles. The van der Waals surface area contributed by atoms with E-state index in [2.05, 4.69) is 24.1 Å². The minimum atomic E-state index is -0.107. The number of nitrogens with two attached hydrogens (primary N) is 1. The number of aliphatic hydroxyl groups excluding tert-OH is 1. The first-order chi connectivity index (χ1) is 7.09. The van der Waals surface area contributed by atoms with E-state index in [9.17, 15) is 0 Å². The summed E-state index contributed by atoms with van der Waals surface area (Å²) >= 11 is 0. The van der Waals surface area contributed by atoms with E-state index in [1.807, 2.05) is 6.07 Å². The number of anilines is 2. The lowest BCUT2D eigenvalue weighted by Crippen LogP contribution is -2.35. The summed E-state index contributed by atoms with van der Waals surface area (Å²) in [6, 6.07) is 1.85. The largest absolute Gasteiger partial charge is 0.397 e. The van der Waals surface area contributed by atoms with Gasteiger partial charge in [0.05, 0.1) is 17.6 Å². The van der Waals surface area contributed by atoms with E-state index < -0.39 is 0 Å². The zero-order chi connectivity index (χ0) is 11.3. The van der Waals surface area contributed by atoms with E-state index in [-0.39, 0.29) is 12.1 Å². The number of nitrogens with zero attached hydrogens (tertiary/aromatic N) is 1. The standard InChI is InChI=1S/C11H19N3O/c1-3-11(2,4-5-15)14-10-6-9(12)7-13-8-10/h6-8,14-15H,3-5,12H2,1-2H3. The van der Waals surface area contributed by atoms with Crippen LogP contribution in [0.1, 0.15) is 26.7 Å². The van der Waals surface area contributed by atoms with Crippen molar-refractivity contribution in [3.8, 4) is 0 Å². The van der Waals surface area contributed by atoms with Gasteiger partial charge in [-0.15, -0.1) is 0 Å². The number of aromatic nitrogens is 1. The molecule has 1 aromatic rings. The minimum absolute atomic E-state index is 0.107. The van der Waals surface area contributed by atoms with Crippen LogP contribution < -0.4 is 11.1 Å². The lowest BCUT2D eigenvalue weighted by molar-refractivity contribution is 0.252. The van der Waals surface area contributed by atoms with Crippen LogP contribution in [0.15, 0.2) is 18.5 Å². The number of aliphatic hydroxyl groups is 1. The number of nitrogen functional groups attached to an aromatic ring is 1. The van der Waals surface area contributed by atoms with Gasteiger partial charge in [0.15, 0.2) is 0 Å². The zero-order valence-electron chi connectivity index (χ0n) is 9.33. The molecule has 84 valence electrons. The number of hydrogen-bond donors (Lipinski definition) is 3. The second-order valence-corrected chi connectivity index (χ2v) is 4.02. The quantitative estimate of drug-likeness (QED) is 0.689. The Kier molecular flexibility index (Phi) is 3.91. The van der Waals surface area contributed by atoms with Crippen molar-refractivity contribution in [1.82, 2.24) is 4.98 Å². The van der Waals surface area contributed by atoms with Crippen molar-refractivity contribution in [2.75, 3.05) is 17.7 Å². The van der Waals surface area contributed by atoms with E-state index >= 15 is 0 Å². The average molecular weight is 209 g/mol. The predicted octanol–water partition coefficient (Wildman–Crippen LogP) is 1.63. The monoisotopic (exact) mass is 209 g/mol. The molecule has 0 saturated carbocycles. The molecule has 0 saturated heterocycles. The van der Waals surface area contributed by atoms with Gasteiger partial charge in [-0.1, -0.05) is 6.92 Å². The fourth-order valence-electron chi connectivity index (χ4n) is 1.45. The topological polar surface area (TPSA) is 71.2 Å². The van der Waals surface area contributed by atoms with Crippen LogP contribution in [0.25, 0.3) is 0 Å². The molecule has 0 fully saturated rings. The Hall–Kier alpha value is -1.29. The molecule has 4 nitrogen and oxygen atoms in total. The molecular weight excluding hydrogens is 190 g/mol. The van der Waals surface area contributed by atoms with Crippen molar-refractivity contribution < 1.29 is 5.11 Å². The molecule has 1 aromatic heterocycles. The van der Waals surface area contributed by atoms with Crippen molar-refractivity contribution in [3.05, 3.63) is 18.5 Å². The third-order valence-corrected chi connectivity index (χ3v) is 2.65. The van der Waals surface area contributed by atoms with Gasteiger partial charge >= 0.3 is 0 Å². The Balaban J connectivity index is 2.74. The normalized spacial score (nSPS) is 14.6. The second kappa shape index (κ2) is 4.98. The summed E-state index contributed by atoms with van der Waals surface area (Å²) in [6.07, 6.45) is 4.99. The van der Waals surface area contributed by atoms with Gasteiger partial charge < -0.3 is 16.2 Å². The van der Waals surface area contributed by atoms with Gasteiger partial charge in [-0.2, -0.15) is 0 Å². The van der Waals surface area contributed by atoms with E-state index in [0.29, 0.717) is 12.1 Å². The summed E-state index contributed by atoms with van der Waals surface area (Å²) < 4.78 is 0. The van der Waals surface area contributed by atoms with E-state index in [1.54, 1.807) is 12.4 Å². The van der Waals surface area contributed by atoms with Crippen LogP contribution in [0, 0.1) is 0 Å². The van der Waals surface area contributed by atoms with Gasteiger partial charge in [-0.3, -0.25) is 4.98 Å². The van der Waals surface area contributed by atoms with Crippen molar-refractivity contribution in [3.63, 3.8) is 0 Å². The maximum Gasteiger partial charge on any atom is 0.0551 e. The fourth-order valence-corrected chi connectivity index (χ4v) is 1.45. The third-order valence-electron chi connectivity index (χ3n) is 2.65. The molecule has 0 bridgehead atoms. The Morgan fingerprint density at radius 2 is 2.27 bits per heavy atom. The molecular formula is C11H19N3O. The highest BCUT2D eigenvalue weighted by Crippen LogP contribution is 2.21. The fraction of sp³-hybridized carbons (Fsp3) is 0.545. The van der Waals surface area contributed by atoms with Crippen LogP contribution in [0.3, 0.4) is 0 Å². The maximum atomic E-state index is 8.99. The second-order valence-electron chi connectivity index (χ2n) is 4.02. The molecule has 4 heteroatoms. The van der Waals surface area contributed by atoms with Gasteiger partial charge in [0.25, 0.3) is 0 Å². The smallest absolute Gasteiger partial charge is 0.0551 e. The Bertz CT molecular complexity index is 316. The number of hydrogen-bond acceptors (Lipinski definition) is 4. The molecule has 4 N–H and O–H groups in total. The first-order valence-electron chi connectivity index (χ1n) is 5.19. The first kappa shape index (κ1) is 11.8. The van der Waals surface area contributed by atoms with E-state index in [0.717, 1.165) is 12.1 Å². The molecule has 0 aliphatic rings. The summed E-state index contributed by atoms with van der Waals surface area (Å²) in [5.41, 5.74) is 7.07. The molecule has 0 amide bonds. The van der Waals surface area contributed by atoms with Gasteiger partial charge in [0, 0.05) is 18.3 Å². The highest BCUT2D eigenvalue weighted by molar-refractivity contribution is 5.52. The molecule has 1 rings (SSSR count). The third kappa shape index (κ3) is 3.40. The van der Waals surface area contributed by atoms with Gasteiger partial charge in [-0.25, -0.2) is 0 Å². The Labute approximate surface area is 90.5 Å². The summed E-state index contributed by atoms with van der Waals surface area (Å²) in [5.74, 6) is 0. The molecule has 15 heavy (non-hydrogen) atoms. The zero-order valence-corrected chi connectivity index (χ0v) is 9.33. The Morgan fingerprint density at radius 1 is 1.53 bits per heavy atom. The van der Waals surface area contributed by atoms with Crippen molar-refractivity contribution in [2.45, 2.75) is 32.2 Å². The molecule has 0 aromatic carbocycles. The van der Waals surface area contributed by atoms with Crippen molar-refractivity contribution in [1.29, 1.82) is 0 Å². The van der Waals surface area contributed by atoms with Gasteiger partial charge in [0.1, 0.15) is 0 Å². The highest BCUT2D eigenvalue weighted by Gasteiger charge is 2.20. The SMILES string of the molecule is CCC(C)(CCO)Nc1cncc(N)c1. The summed E-state index contributed by atoms with van der Waals surface area (Å²) in [4.78, 5) is 4.01. The van der Waals surface area contributed by atoms with E-state index in [4.69, 9.17) is 10.8 Å². The van der Waals surface area contributed by atoms with Crippen LogP contribution >= 0.6 is 0 Å². The summed E-state index contributed by atoms with van der Waals surface area (Å²) in [6.45, 7) is 4.34. The Morgan fingerprint density at radius 3 is 2.80 bits per heavy atom. The molecule has 1 atom stereocenters. The lowest BCUT2D eigenvalue weighted by Gasteiger charge is -2.30. The molecule has 1 unspecified atom stereocenters. The molecule has 0 aliphatic carbocycles. The van der Waals surface area contributed by atoms with Gasteiger partial charge in [-0.05, 0) is 25.8 Å². The predicted molar refractivity (Wildman–Crippen MR) is 62.7 cm³/mol. The van der Waals surface area contributed by atoms with Crippen LogP contribution in [0.5, 0.6) is 0 Å². The lowest BCUT2D eigenvalue weighted by atomic mass is 9.94. The number of nitrogens with one attached hydrogen (secondary N) is 1. The van der Waals surface area contributed by atoms with E-state index in [1.165, 1.54) is 0 Å². The first-order valence-corrected chi connectivity index (χ1v) is 5.19. The van der Waals surface area contributed by atoms with Crippen LogP contribution in [0.2, 0.25) is 0 Å². The molecule has 0 spiro atoms. The van der Waals surface area contributed by atoms with Crippen LogP contribution in [0.4, 0.5) is 11.4 Å². The summed E-state index contributed by atoms with van der Waals surface area (Å²) in [7, 11) is 0. The number of pyridine rings is 1. The van der Waals surface area contributed by atoms with Crippen LogP contribution in [-0.4, -0.2) is 22.2 Å². The minimum Gasteiger partial charge on any atom is -0.397 e. The van der Waals surface area contributed by atoms with Gasteiger partial charge in [0.2, 0.25) is 0 Å². The van der Waals surface area contributed by atoms with Crippen molar-refractivity contribution >= 4 is 11.4 Å². The highest BCUT2D eigenvalue weighted by atomic mass is 16.3. The van der Waals surface area contributed by atoms with Crippen molar-refractivity contribution in [2.24, 2.45) is 0 Å². The number of rotatable bonds is 5. The summed E-state index contributed by atoms with van der Waals surface area (Å²) in [5, 5.41) is 12.3. The maximum absolute atomic E-state index is 8.99. The molecule has 0 radical (unpaired) electrons. The average Bonchev–Trinajstić information content (AvgIpc) is 2.18. The van der Waals surface area contributed by atoms with Crippen LogP contribution in [-0.2, 0) is 0 Å².